The first-order chi connectivity index (χ1) is 17.7. The van der Waals surface area contributed by atoms with Crippen LogP contribution in [0.25, 0.3) is 11.3 Å². The highest BCUT2D eigenvalue weighted by atomic mass is 35.5. The Hall–Kier alpha value is -3.56. The summed E-state index contributed by atoms with van der Waals surface area (Å²) in [4.78, 5) is 33.4. The van der Waals surface area contributed by atoms with Crippen LogP contribution in [0.3, 0.4) is 0 Å². The zero-order valence-electron chi connectivity index (χ0n) is 20.4. The summed E-state index contributed by atoms with van der Waals surface area (Å²) in [7, 11) is 0. The van der Waals surface area contributed by atoms with Gasteiger partial charge >= 0.3 is 0 Å². The van der Waals surface area contributed by atoms with E-state index in [4.69, 9.17) is 17.3 Å². The number of nitrogens with two attached hydrogens (primary N) is 1. The SMILES string of the molecule is CC(=O)NCC(NC(=O)c1ccc(-c2nc(C3CCC(O)CC3)cnc2N)cc1F)c1cccc(Cl)c1. The van der Waals surface area contributed by atoms with E-state index in [0.29, 0.717) is 34.7 Å². The molecule has 194 valence electrons. The molecule has 1 fully saturated rings. The second-order valence-corrected chi connectivity index (χ2v) is 9.68. The van der Waals surface area contributed by atoms with Gasteiger partial charge in [0.25, 0.3) is 5.91 Å². The Kier molecular flexibility index (Phi) is 8.35. The third-order valence-electron chi connectivity index (χ3n) is 6.53. The Morgan fingerprint density at radius 2 is 1.95 bits per heavy atom. The number of aromatic nitrogens is 2. The van der Waals surface area contributed by atoms with Crippen LogP contribution in [0.1, 0.15) is 66.2 Å². The maximum absolute atomic E-state index is 15.2. The number of aliphatic hydroxyl groups is 1. The van der Waals surface area contributed by atoms with Crippen LogP contribution in [-0.2, 0) is 4.79 Å². The van der Waals surface area contributed by atoms with Crippen molar-refractivity contribution in [2.45, 2.75) is 50.7 Å². The number of nitrogens with one attached hydrogen (secondary N) is 2. The number of rotatable bonds is 7. The molecule has 1 aliphatic rings. The molecule has 2 aromatic carbocycles. The third-order valence-corrected chi connectivity index (χ3v) is 6.77. The predicted molar refractivity (Wildman–Crippen MR) is 139 cm³/mol. The van der Waals surface area contributed by atoms with Crippen molar-refractivity contribution in [1.29, 1.82) is 0 Å². The lowest BCUT2D eigenvalue weighted by atomic mass is 9.85. The summed E-state index contributed by atoms with van der Waals surface area (Å²) in [5.41, 5.74) is 8.06. The second-order valence-electron chi connectivity index (χ2n) is 9.25. The zero-order chi connectivity index (χ0) is 26.5. The van der Waals surface area contributed by atoms with Gasteiger partial charge in [-0.3, -0.25) is 9.59 Å². The van der Waals surface area contributed by atoms with Crippen LogP contribution in [0, 0.1) is 5.82 Å². The molecule has 0 aliphatic heterocycles. The summed E-state index contributed by atoms with van der Waals surface area (Å²) in [6.45, 7) is 1.48. The minimum absolute atomic E-state index is 0.109. The van der Waals surface area contributed by atoms with Crippen molar-refractivity contribution in [1.82, 2.24) is 20.6 Å². The highest BCUT2D eigenvalue weighted by Crippen LogP contribution is 2.34. The van der Waals surface area contributed by atoms with Gasteiger partial charge in [-0.05, 0) is 55.5 Å². The molecule has 10 heteroatoms. The molecule has 37 heavy (non-hydrogen) atoms. The molecule has 1 atom stereocenters. The van der Waals surface area contributed by atoms with Gasteiger partial charge in [-0.2, -0.15) is 0 Å². The lowest BCUT2D eigenvalue weighted by molar-refractivity contribution is -0.119. The highest BCUT2D eigenvalue weighted by Gasteiger charge is 2.24. The maximum Gasteiger partial charge on any atom is 0.254 e. The number of halogens is 2. The monoisotopic (exact) mass is 525 g/mol. The molecule has 2 amide bonds. The summed E-state index contributed by atoms with van der Waals surface area (Å²) in [5, 5.41) is 15.7. The molecule has 1 heterocycles. The molecule has 3 aromatic rings. The van der Waals surface area contributed by atoms with E-state index in [1.54, 1.807) is 36.5 Å². The average molecular weight is 526 g/mol. The van der Waals surface area contributed by atoms with Crippen LogP contribution in [0.5, 0.6) is 0 Å². The summed E-state index contributed by atoms with van der Waals surface area (Å²) in [6.07, 6.45) is 4.31. The Bertz CT molecular complexity index is 1300. The largest absolute Gasteiger partial charge is 0.393 e. The molecule has 1 saturated carbocycles. The first-order valence-electron chi connectivity index (χ1n) is 12.1. The minimum atomic E-state index is -0.744. The van der Waals surface area contributed by atoms with E-state index in [-0.39, 0.29) is 35.9 Å². The fourth-order valence-corrected chi connectivity index (χ4v) is 4.70. The summed E-state index contributed by atoms with van der Waals surface area (Å²) in [5.74, 6) is -1.34. The summed E-state index contributed by atoms with van der Waals surface area (Å²) in [6, 6.07) is 10.4. The van der Waals surface area contributed by atoms with E-state index in [9.17, 15) is 14.7 Å². The van der Waals surface area contributed by atoms with Crippen molar-refractivity contribution < 1.29 is 19.1 Å². The Morgan fingerprint density at radius 1 is 1.19 bits per heavy atom. The van der Waals surface area contributed by atoms with Crippen molar-refractivity contribution in [2.24, 2.45) is 0 Å². The second kappa shape index (κ2) is 11.7. The lowest BCUT2D eigenvalue weighted by Crippen LogP contribution is -2.37. The highest BCUT2D eigenvalue weighted by molar-refractivity contribution is 6.30. The number of hydrogen-bond acceptors (Lipinski definition) is 6. The molecular weight excluding hydrogens is 497 g/mol. The quantitative estimate of drug-likeness (QED) is 0.367. The van der Waals surface area contributed by atoms with Gasteiger partial charge in [-0.15, -0.1) is 0 Å². The van der Waals surface area contributed by atoms with Crippen molar-refractivity contribution in [2.75, 3.05) is 12.3 Å². The molecule has 0 radical (unpaired) electrons. The van der Waals surface area contributed by atoms with Gasteiger partial charge in [-0.1, -0.05) is 29.8 Å². The number of nitrogen functional groups attached to an aromatic ring is 1. The number of carbonyl (C=O) groups is 2. The van der Waals surface area contributed by atoms with Gasteiger partial charge in [0.1, 0.15) is 17.3 Å². The smallest absolute Gasteiger partial charge is 0.254 e. The van der Waals surface area contributed by atoms with Gasteiger partial charge in [0.15, 0.2) is 0 Å². The fraction of sp³-hybridized carbons (Fsp3) is 0.333. The Morgan fingerprint density at radius 3 is 2.62 bits per heavy atom. The van der Waals surface area contributed by atoms with Crippen LogP contribution >= 0.6 is 11.6 Å². The molecule has 8 nitrogen and oxygen atoms in total. The van der Waals surface area contributed by atoms with Crippen molar-refractivity contribution in [3.05, 3.63) is 76.3 Å². The number of hydrogen-bond donors (Lipinski definition) is 4. The number of nitrogens with zero attached hydrogens (tertiary/aromatic N) is 2. The van der Waals surface area contributed by atoms with E-state index in [1.165, 1.54) is 19.1 Å². The standard InChI is InChI=1S/C27H29ClFN5O3/c1-15(35)31-13-24(17-3-2-4-19(28)11-17)34-27(37)21-10-7-18(12-22(21)29)25-26(30)32-14-23(33-25)16-5-8-20(36)9-6-16/h2-4,7,10-12,14,16,20,24,36H,5-6,8-9,13H2,1H3,(H2,30,32)(H,31,35)(H,34,37). The first-order valence-corrected chi connectivity index (χ1v) is 12.5. The predicted octanol–water partition coefficient (Wildman–Crippen LogP) is 4.14. The van der Waals surface area contributed by atoms with Crippen molar-refractivity contribution in [3.63, 3.8) is 0 Å². The van der Waals surface area contributed by atoms with Crippen LogP contribution in [-0.4, -0.2) is 39.5 Å². The molecule has 0 bridgehead atoms. The number of anilines is 1. The molecule has 0 spiro atoms. The lowest BCUT2D eigenvalue weighted by Gasteiger charge is -2.25. The number of amides is 2. The average Bonchev–Trinajstić information content (AvgIpc) is 2.87. The number of aliphatic hydroxyl groups excluding tert-OH is 1. The van der Waals surface area contributed by atoms with E-state index in [1.807, 2.05) is 0 Å². The number of benzene rings is 2. The zero-order valence-corrected chi connectivity index (χ0v) is 21.1. The molecule has 5 N–H and O–H groups in total. The van der Waals surface area contributed by atoms with Crippen LogP contribution < -0.4 is 16.4 Å². The Labute approximate surface area is 219 Å². The van der Waals surface area contributed by atoms with Crippen LogP contribution in [0.4, 0.5) is 10.2 Å². The van der Waals surface area contributed by atoms with Crippen molar-refractivity contribution in [3.8, 4) is 11.3 Å². The van der Waals surface area contributed by atoms with E-state index in [2.05, 4.69) is 20.6 Å². The van der Waals surface area contributed by atoms with Crippen LogP contribution in [0.15, 0.2) is 48.7 Å². The molecule has 1 unspecified atom stereocenters. The minimum Gasteiger partial charge on any atom is -0.393 e. The molecule has 1 aromatic heterocycles. The molecule has 1 aliphatic carbocycles. The maximum atomic E-state index is 15.2. The fourth-order valence-electron chi connectivity index (χ4n) is 4.50. The van der Waals surface area contributed by atoms with Crippen molar-refractivity contribution >= 4 is 29.2 Å². The van der Waals surface area contributed by atoms with Gasteiger partial charge in [0, 0.05) is 30.0 Å². The summed E-state index contributed by atoms with van der Waals surface area (Å²) >= 11 is 6.09. The number of carbonyl (C=O) groups excluding carboxylic acids is 2. The van der Waals surface area contributed by atoms with E-state index < -0.39 is 17.8 Å². The van der Waals surface area contributed by atoms with Crippen LogP contribution in [0.2, 0.25) is 5.02 Å². The topological polar surface area (TPSA) is 130 Å². The normalized spacial score (nSPS) is 18.2. The van der Waals surface area contributed by atoms with Gasteiger partial charge in [-0.25, -0.2) is 14.4 Å². The van der Waals surface area contributed by atoms with Gasteiger partial charge in [0.2, 0.25) is 5.91 Å². The van der Waals surface area contributed by atoms with Gasteiger partial charge < -0.3 is 21.5 Å². The molecular formula is C27H29ClFN5O3. The van der Waals surface area contributed by atoms with Gasteiger partial charge in [0.05, 0.1) is 29.6 Å². The Balaban J connectivity index is 1.55. The first kappa shape index (κ1) is 26.5. The van der Waals surface area contributed by atoms with E-state index in [0.717, 1.165) is 18.5 Å². The summed E-state index contributed by atoms with van der Waals surface area (Å²) < 4.78 is 15.2. The molecule has 4 rings (SSSR count). The van der Waals surface area contributed by atoms with E-state index >= 15 is 4.39 Å². The molecule has 0 saturated heterocycles. The third kappa shape index (κ3) is 6.61.